The summed E-state index contributed by atoms with van der Waals surface area (Å²) in [5, 5.41) is 13.0. The van der Waals surface area contributed by atoms with Crippen LogP contribution >= 0.6 is 0 Å². The summed E-state index contributed by atoms with van der Waals surface area (Å²) in [6, 6.07) is 7.31. The van der Waals surface area contributed by atoms with Crippen LogP contribution in [0.2, 0.25) is 0 Å². The highest BCUT2D eigenvalue weighted by Gasteiger charge is 2.11. The van der Waals surface area contributed by atoms with Gasteiger partial charge in [-0.2, -0.15) is 0 Å². The number of nitrogens with one attached hydrogen (secondary N) is 1. The van der Waals surface area contributed by atoms with Crippen molar-refractivity contribution in [2.45, 2.75) is 19.1 Å². The lowest BCUT2D eigenvalue weighted by Crippen LogP contribution is -2.34. The first-order valence-electron chi connectivity index (χ1n) is 6.23. The second-order valence-corrected chi connectivity index (χ2v) is 4.34. The van der Waals surface area contributed by atoms with E-state index in [9.17, 15) is 5.11 Å². The first-order valence-corrected chi connectivity index (χ1v) is 6.23. The van der Waals surface area contributed by atoms with Gasteiger partial charge in [0.2, 0.25) is 0 Å². The lowest BCUT2D eigenvalue weighted by molar-refractivity contribution is 0.139. The van der Waals surface area contributed by atoms with E-state index in [1.54, 1.807) is 30.8 Å². The lowest BCUT2D eigenvalue weighted by Gasteiger charge is -2.16. The number of furan rings is 1. The maximum absolute atomic E-state index is 9.84. The third-order valence-corrected chi connectivity index (χ3v) is 2.67. The van der Waals surface area contributed by atoms with Gasteiger partial charge in [-0.1, -0.05) is 0 Å². The van der Waals surface area contributed by atoms with Crippen LogP contribution < -0.4 is 10.1 Å². The second-order valence-electron chi connectivity index (χ2n) is 4.34. The fourth-order valence-corrected chi connectivity index (χ4v) is 1.61. The van der Waals surface area contributed by atoms with Gasteiger partial charge in [-0.05, 0) is 31.2 Å². The van der Waals surface area contributed by atoms with Gasteiger partial charge in [-0.15, -0.1) is 0 Å². The van der Waals surface area contributed by atoms with Crippen molar-refractivity contribution in [1.82, 2.24) is 10.3 Å². The number of hydrogen-bond acceptors (Lipinski definition) is 5. The van der Waals surface area contributed by atoms with Crippen molar-refractivity contribution in [3.63, 3.8) is 0 Å². The molecule has 2 aromatic rings. The summed E-state index contributed by atoms with van der Waals surface area (Å²) in [6.07, 6.45) is 4.28. The van der Waals surface area contributed by atoms with Crippen molar-refractivity contribution >= 4 is 0 Å². The van der Waals surface area contributed by atoms with E-state index in [4.69, 9.17) is 9.15 Å². The Morgan fingerprint density at radius 1 is 1.42 bits per heavy atom. The minimum absolute atomic E-state index is 0.116. The normalized spacial score (nSPS) is 14.0. The lowest BCUT2D eigenvalue weighted by atomic mass is 10.2. The zero-order chi connectivity index (χ0) is 13.5. The number of ether oxygens (including phenoxy) is 1. The summed E-state index contributed by atoms with van der Waals surface area (Å²) in [4.78, 5) is 3.97. The average Bonchev–Trinajstić information content (AvgIpc) is 2.98. The van der Waals surface area contributed by atoms with Gasteiger partial charge < -0.3 is 19.6 Å². The van der Waals surface area contributed by atoms with Crippen molar-refractivity contribution in [2.24, 2.45) is 0 Å². The van der Waals surface area contributed by atoms with E-state index in [1.807, 2.05) is 19.1 Å². The number of aliphatic hydroxyl groups is 1. The number of nitrogens with zero attached hydrogens (tertiary/aromatic N) is 1. The summed E-state index contributed by atoms with van der Waals surface area (Å²) in [7, 11) is 0. The van der Waals surface area contributed by atoms with Crippen molar-refractivity contribution < 1.29 is 14.3 Å². The van der Waals surface area contributed by atoms with Crippen LogP contribution in [-0.4, -0.2) is 29.3 Å². The highest BCUT2D eigenvalue weighted by molar-refractivity contribution is 5.15. The Bertz CT molecular complexity index is 459. The maximum atomic E-state index is 9.84. The van der Waals surface area contributed by atoms with E-state index < -0.39 is 6.10 Å². The third kappa shape index (κ3) is 4.39. The molecule has 0 saturated carbocycles. The summed E-state index contributed by atoms with van der Waals surface area (Å²) in [6.45, 7) is 2.92. The standard InChI is InChI=1S/C14H18N2O3/c1-11(10-19-12-4-2-6-15-8-12)16-9-13(17)14-5-3-7-18-14/h2-8,11,13,16-17H,9-10H2,1H3. The quantitative estimate of drug-likeness (QED) is 0.796. The van der Waals surface area contributed by atoms with Crippen molar-refractivity contribution in [1.29, 1.82) is 0 Å². The molecule has 0 spiro atoms. The Morgan fingerprint density at radius 3 is 3.00 bits per heavy atom. The van der Waals surface area contributed by atoms with E-state index in [2.05, 4.69) is 10.3 Å². The van der Waals surface area contributed by atoms with Crippen molar-refractivity contribution in [3.8, 4) is 5.75 Å². The van der Waals surface area contributed by atoms with Gasteiger partial charge in [-0.3, -0.25) is 4.98 Å². The van der Waals surface area contributed by atoms with Gasteiger partial charge >= 0.3 is 0 Å². The third-order valence-electron chi connectivity index (χ3n) is 2.67. The molecular formula is C14H18N2O3. The molecule has 2 unspecified atom stereocenters. The molecule has 0 amide bonds. The molecule has 0 saturated heterocycles. The minimum Gasteiger partial charge on any atom is -0.490 e. The van der Waals surface area contributed by atoms with Gasteiger partial charge in [-0.25, -0.2) is 0 Å². The smallest absolute Gasteiger partial charge is 0.137 e. The van der Waals surface area contributed by atoms with Crippen LogP contribution in [0.4, 0.5) is 0 Å². The molecule has 5 heteroatoms. The monoisotopic (exact) mass is 262 g/mol. The molecule has 2 rings (SSSR count). The Hall–Kier alpha value is -1.85. The Kier molecular flexibility index (Phi) is 4.94. The first kappa shape index (κ1) is 13.6. The highest BCUT2D eigenvalue weighted by Crippen LogP contribution is 2.12. The van der Waals surface area contributed by atoms with E-state index in [-0.39, 0.29) is 6.04 Å². The van der Waals surface area contributed by atoms with Crippen molar-refractivity contribution in [3.05, 3.63) is 48.7 Å². The number of aromatic nitrogens is 1. The molecule has 2 heterocycles. The van der Waals surface area contributed by atoms with Gasteiger partial charge in [0.05, 0.1) is 12.5 Å². The average molecular weight is 262 g/mol. The number of hydrogen-bond donors (Lipinski definition) is 2. The predicted octanol–water partition coefficient (Wildman–Crippen LogP) is 1.77. The molecule has 0 aliphatic carbocycles. The SMILES string of the molecule is CC(COc1cccnc1)NCC(O)c1ccco1. The fraction of sp³-hybridized carbons (Fsp3) is 0.357. The van der Waals surface area contributed by atoms with E-state index in [0.29, 0.717) is 18.9 Å². The summed E-state index contributed by atoms with van der Waals surface area (Å²) < 4.78 is 10.7. The minimum atomic E-state index is -0.643. The van der Waals surface area contributed by atoms with E-state index in [0.717, 1.165) is 5.75 Å². The molecule has 0 aliphatic rings. The van der Waals surface area contributed by atoms with Crippen LogP contribution in [0.1, 0.15) is 18.8 Å². The number of aliphatic hydroxyl groups excluding tert-OH is 1. The topological polar surface area (TPSA) is 67.5 Å². The zero-order valence-corrected chi connectivity index (χ0v) is 10.8. The molecule has 102 valence electrons. The first-order chi connectivity index (χ1) is 9.25. The molecule has 2 atom stereocenters. The van der Waals surface area contributed by atoms with E-state index >= 15 is 0 Å². The Morgan fingerprint density at radius 2 is 2.32 bits per heavy atom. The van der Waals surface area contributed by atoms with E-state index in [1.165, 1.54) is 0 Å². The van der Waals surface area contributed by atoms with Crippen LogP contribution in [-0.2, 0) is 0 Å². The Balaban J connectivity index is 1.69. The van der Waals surface area contributed by atoms with Crippen LogP contribution in [0.25, 0.3) is 0 Å². The fourth-order valence-electron chi connectivity index (χ4n) is 1.61. The molecule has 0 aliphatic heterocycles. The zero-order valence-electron chi connectivity index (χ0n) is 10.8. The Labute approximate surface area is 112 Å². The van der Waals surface area contributed by atoms with Crippen LogP contribution in [0.3, 0.4) is 0 Å². The van der Waals surface area contributed by atoms with Crippen LogP contribution in [0.5, 0.6) is 5.75 Å². The number of pyridine rings is 1. The molecule has 0 aromatic carbocycles. The van der Waals surface area contributed by atoms with Gasteiger partial charge in [0.15, 0.2) is 0 Å². The van der Waals surface area contributed by atoms with Crippen LogP contribution in [0, 0.1) is 0 Å². The molecular weight excluding hydrogens is 244 g/mol. The van der Waals surface area contributed by atoms with Gasteiger partial charge in [0, 0.05) is 18.8 Å². The summed E-state index contributed by atoms with van der Waals surface area (Å²) in [5.74, 6) is 1.30. The van der Waals surface area contributed by atoms with Crippen LogP contribution in [0.15, 0.2) is 47.3 Å². The maximum Gasteiger partial charge on any atom is 0.137 e. The second kappa shape index (κ2) is 6.92. The predicted molar refractivity (Wildman–Crippen MR) is 70.9 cm³/mol. The highest BCUT2D eigenvalue weighted by atomic mass is 16.5. The number of rotatable bonds is 7. The summed E-state index contributed by atoms with van der Waals surface area (Å²) in [5.41, 5.74) is 0. The molecule has 2 N–H and O–H groups in total. The van der Waals surface area contributed by atoms with Gasteiger partial charge in [0.1, 0.15) is 24.2 Å². The van der Waals surface area contributed by atoms with Gasteiger partial charge in [0.25, 0.3) is 0 Å². The molecule has 0 bridgehead atoms. The van der Waals surface area contributed by atoms with Crippen molar-refractivity contribution in [2.75, 3.05) is 13.2 Å². The largest absolute Gasteiger partial charge is 0.490 e. The molecule has 0 radical (unpaired) electrons. The summed E-state index contributed by atoms with van der Waals surface area (Å²) >= 11 is 0. The molecule has 5 nitrogen and oxygen atoms in total. The molecule has 2 aromatic heterocycles. The molecule has 19 heavy (non-hydrogen) atoms. The molecule has 0 fully saturated rings.